The molecule has 5 nitrogen and oxygen atoms in total. The Kier molecular flexibility index (Phi) is 4.80. The Bertz CT molecular complexity index is 652. The number of nitrogens with two attached hydrogens (primary N) is 1. The van der Waals surface area contributed by atoms with Crippen molar-refractivity contribution in [2.45, 2.75) is 27.2 Å². The van der Waals surface area contributed by atoms with E-state index in [0.29, 0.717) is 28.7 Å². The van der Waals surface area contributed by atoms with Crippen LogP contribution in [0.2, 0.25) is 0 Å². The first-order chi connectivity index (χ1) is 10.1. The molecule has 0 aliphatic rings. The molecule has 2 aromatic rings. The van der Waals surface area contributed by atoms with E-state index in [0.717, 1.165) is 17.0 Å². The average molecular weight is 305 g/mol. The number of aryl methyl sites for hydroxylation is 2. The van der Waals surface area contributed by atoms with Crippen LogP contribution in [-0.4, -0.2) is 17.5 Å². The summed E-state index contributed by atoms with van der Waals surface area (Å²) in [5.74, 6) is 0.156. The molecule has 1 aromatic heterocycles. The molecular formula is C15H19N3O2S. The van der Waals surface area contributed by atoms with E-state index in [9.17, 15) is 4.79 Å². The molecule has 3 N–H and O–H groups in total. The van der Waals surface area contributed by atoms with E-state index in [4.69, 9.17) is 10.5 Å². The maximum Gasteiger partial charge on any atom is 0.261 e. The van der Waals surface area contributed by atoms with Gasteiger partial charge in [0.1, 0.15) is 0 Å². The van der Waals surface area contributed by atoms with Gasteiger partial charge in [0.15, 0.2) is 10.9 Å². The van der Waals surface area contributed by atoms with Crippen molar-refractivity contribution in [3.8, 4) is 5.75 Å². The van der Waals surface area contributed by atoms with Gasteiger partial charge < -0.3 is 10.5 Å². The number of ether oxygens (including phenoxy) is 1. The highest BCUT2D eigenvalue weighted by atomic mass is 32.1. The summed E-state index contributed by atoms with van der Waals surface area (Å²) in [6.45, 7) is 6.34. The second kappa shape index (κ2) is 6.58. The number of thiazole rings is 1. The molecule has 0 saturated carbocycles. The summed E-state index contributed by atoms with van der Waals surface area (Å²) in [6.07, 6.45) is 0.848. The topological polar surface area (TPSA) is 77.2 Å². The van der Waals surface area contributed by atoms with Crippen molar-refractivity contribution in [3.63, 3.8) is 0 Å². The summed E-state index contributed by atoms with van der Waals surface area (Å²) in [5, 5.41) is 3.41. The lowest BCUT2D eigenvalue weighted by molar-refractivity contribution is 0.102. The number of aromatic nitrogens is 1. The molecule has 1 aromatic carbocycles. The van der Waals surface area contributed by atoms with E-state index in [1.165, 1.54) is 11.3 Å². The molecule has 0 radical (unpaired) electrons. The maximum absolute atomic E-state index is 12.4. The Labute approximate surface area is 128 Å². The van der Waals surface area contributed by atoms with E-state index in [1.807, 2.05) is 20.8 Å². The van der Waals surface area contributed by atoms with Gasteiger partial charge in [-0.3, -0.25) is 10.1 Å². The van der Waals surface area contributed by atoms with Gasteiger partial charge in [-0.25, -0.2) is 4.98 Å². The first kappa shape index (κ1) is 15.3. The Morgan fingerprint density at radius 1 is 1.43 bits per heavy atom. The number of anilines is 2. The van der Waals surface area contributed by atoms with Crippen LogP contribution in [0.15, 0.2) is 18.2 Å². The SMILES string of the molecule is CCOc1c(N)cccc1C(=O)Nc1nc(CC)c(C)s1. The van der Waals surface area contributed by atoms with E-state index in [2.05, 4.69) is 10.3 Å². The predicted octanol–water partition coefficient (Wildman–Crippen LogP) is 3.25. The van der Waals surface area contributed by atoms with Crippen LogP contribution in [0.3, 0.4) is 0 Å². The molecular weight excluding hydrogens is 286 g/mol. The molecule has 0 spiro atoms. The minimum absolute atomic E-state index is 0.262. The van der Waals surface area contributed by atoms with E-state index in [1.54, 1.807) is 18.2 Å². The van der Waals surface area contributed by atoms with Crippen molar-refractivity contribution < 1.29 is 9.53 Å². The summed E-state index contributed by atoms with van der Waals surface area (Å²) in [5.41, 5.74) is 7.75. The summed E-state index contributed by atoms with van der Waals surface area (Å²) >= 11 is 1.47. The molecule has 0 unspecified atom stereocenters. The van der Waals surface area contributed by atoms with Gasteiger partial charge in [0, 0.05) is 4.88 Å². The molecule has 0 saturated heterocycles. The number of para-hydroxylation sites is 1. The average Bonchev–Trinajstić information content (AvgIpc) is 2.81. The van der Waals surface area contributed by atoms with Crippen molar-refractivity contribution in [2.24, 2.45) is 0 Å². The van der Waals surface area contributed by atoms with E-state index in [-0.39, 0.29) is 5.91 Å². The molecule has 0 fully saturated rings. The zero-order chi connectivity index (χ0) is 15.4. The van der Waals surface area contributed by atoms with Crippen LogP contribution in [0.25, 0.3) is 0 Å². The lowest BCUT2D eigenvalue weighted by Gasteiger charge is -2.11. The van der Waals surface area contributed by atoms with Gasteiger partial charge in [-0.05, 0) is 32.4 Å². The molecule has 0 bridgehead atoms. The number of hydrogen-bond donors (Lipinski definition) is 2. The number of nitrogens with zero attached hydrogens (tertiary/aromatic N) is 1. The van der Waals surface area contributed by atoms with Crippen LogP contribution in [0, 0.1) is 6.92 Å². The molecule has 1 heterocycles. The van der Waals surface area contributed by atoms with Gasteiger partial charge in [0.05, 0.1) is 23.6 Å². The number of benzene rings is 1. The second-order valence-corrected chi connectivity index (χ2v) is 5.69. The highest BCUT2D eigenvalue weighted by molar-refractivity contribution is 7.15. The second-order valence-electron chi connectivity index (χ2n) is 4.49. The molecule has 6 heteroatoms. The zero-order valence-electron chi connectivity index (χ0n) is 12.4. The zero-order valence-corrected chi connectivity index (χ0v) is 13.2. The Balaban J connectivity index is 2.25. The summed E-state index contributed by atoms with van der Waals surface area (Å²) in [4.78, 5) is 17.9. The highest BCUT2D eigenvalue weighted by Gasteiger charge is 2.17. The van der Waals surface area contributed by atoms with Crippen LogP contribution < -0.4 is 15.8 Å². The number of hydrogen-bond acceptors (Lipinski definition) is 5. The third-order valence-electron chi connectivity index (χ3n) is 3.03. The Morgan fingerprint density at radius 3 is 2.81 bits per heavy atom. The maximum atomic E-state index is 12.4. The largest absolute Gasteiger partial charge is 0.491 e. The number of carbonyl (C=O) groups excluding carboxylic acids is 1. The number of amides is 1. The fourth-order valence-electron chi connectivity index (χ4n) is 2.01. The van der Waals surface area contributed by atoms with Crippen LogP contribution in [0.5, 0.6) is 5.75 Å². The third kappa shape index (κ3) is 3.33. The molecule has 0 atom stereocenters. The first-order valence-electron chi connectivity index (χ1n) is 6.85. The Morgan fingerprint density at radius 2 is 2.19 bits per heavy atom. The lowest BCUT2D eigenvalue weighted by Crippen LogP contribution is -2.14. The van der Waals surface area contributed by atoms with Gasteiger partial charge >= 0.3 is 0 Å². The first-order valence-corrected chi connectivity index (χ1v) is 7.67. The van der Waals surface area contributed by atoms with Crippen molar-refractivity contribution in [2.75, 3.05) is 17.7 Å². The van der Waals surface area contributed by atoms with Gasteiger partial charge in [-0.1, -0.05) is 13.0 Å². The third-order valence-corrected chi connectivity index (χ3v) is 3.96. The quantitative estimate of drug-likeness (QED) is 0.831. The minimum atomic E-state index is -0.262. The van der Waals surface area contributed by atoms with Crippen molar-refractivity contribution in [1.82, 2.24) is 4.98 Å². The summed E-state index contributed by atoms with van der Waals surface area (Å²) in [6, 6.07) is 5.14. The van der Waals surface area contributed by atoms with Crippen LogP contribution in [0.1, 0.15) is 34.8 Å². The van der Waals surface area contributed by atoms with Gasteiger partial charge in [0.25, 0.3) is 5.91 Å². The van der Waals surface area contributed by atoms with Gasteiger partial charge in [-0.2, -0.15) is 0 Å². The number of rotatable bonds is 5. The Hall–Kier alpha value is -2.08. The number of carbonyl (C=O) groups is 1. The molecule has 2 rings (SSSR count). The molecule has 21 heavy (non-hydrogen) atoms. The van der Waals surface area contributed by atoms with Crippen LogP contribution in [-0.2, 0) is 6.42 Å². The highest BCUT2D eigenvalue weighted by Crippen LogP contribution is 2.28. The van der Waals surface area contributed by atoms with Gasteiger partial charge in [0.2, 0.25) is 0 Å². The smallest absolute Gasteiger partial charge is 0.261 e. The summed E-state index contributed by atoms with van der Waals surface area (Å²) < 4.78 is 5.47. The summed E-state index contributed by atoms with van der Waals surface area (Å²) in [7, 11) is 0. The molecule has 1 amide bonds. The van der Waals surface area contributed by atoms with Crippen molar-refractivity contribution in [3.05, 3.63) is 34.3 Å². The van der Waals surface area contributed by atoms with Gasteiger partial charge in [-0.15, -0.1) is 11.3 Å². The minimum Gasteiger partial charge on any atom is -0.491 e. The van der Waals surface area contributed by atoms with Crippen LogP contribution in [0.4, 0.5) is 10.8 Å². The van der Waals surface area contributed by atoms with E-state index >= 15 is 0 Å². The fourth-order valence-corrected chi connectivity index (χ4v) is 2.91. The van der Waals surface area contributed by atoms with E-state index < -0.39 is 0 Å². The lowest BCUT2D eigenvalue weighted by atomic mass is 10.1. The standard InChI is InChI=1S/C15H19N3O2S/c1-4-12-9(3)21-15(17-12)18-14(19)10-7-6-8-11(16)13(10)20-5-2/h6-8H,4-5,16H2,1-3H3,(H,17,18,19). The molecule has 0 aliphatic carbocycles. The molecule has 0 aliphatic heterocycles. The monoisotopic (exact) mass is 305 g/mol. The van der Waals surface area contributed by atoms with Crippen LogP contribution >= 0.6 is 11.3 Å². The number of nitrogen functional groups attached to an aromatic ring is 1. The normalized spacial score (nSPS) is 10.4. The van der Waals surface area contributed by atoms with Crippen molar-refractivity contribution in [1.29, 1.82) is 0 Å². The molecule has 112 valence electrons. The number of nitrogens with one attached hydrogen (secondary N) is 1. The predicted molar refractivity (Wildman–Crippen MR) is 86.2 cm³/mol. The fraction of sp³-hybridized carbons (Fsp3) is 0.333. The van der Waals surface area contributed by atoms with Crippen molar-refractivity contribution >= 4 is 28.1 Å².